The molecule has 1 aliphatic heterocycles. The normalized spacial score (nSPS) is 19.9. The van der Waals surface area contributed by atoms with Crippen LogP contribution in [0.3, 0.4) is 0 Å². The molecule has 0 aromatic rings. The highest BCUT2D eigenvalue weighted by Crippen LogP contribution is 2.14. The molecular weight excluding hydrogens is 232 g/mol. The van der Waals surface area contributed by atoms with Gasteiger partial charge in [-0.1, -0.05) is 25.7 Å². The summed E-state index contributed by atoms with van der Waals surface area (Å²) in [6.45, 7) is 1.63. The number of carboxylic acid groups (broad SMARTS) is 1. The van der Waals surface area contributed by atoms with Gasteiger partial charge in [0.1, 0.15) is 0 Å². The molecule has 0 aromatic carbocycles. The summed E-state index contributed by atoms with van der Waals surface area (Å²) in [4.78, 5) is 10.3. The van der Waals surface area contributed by atoms with Crippen molar-refractivity contribution in [3.05, 3.63) is 0 Å². The lowest BCUT2D eigenvalue weighted by molar-refractivity contribution is -0.162. The zero-order valence-corrected chi connectivity index (χ0v) is 11.2. The van der Waals surface area contributed by atoms with E-state index in [-0.39, 0.29) is 6.29 Å². The smallest absolute Gasteiger partial charge is 0.303 e. The van der Waals surface area contributed by atoms with Gasteiger partial charge in [-0.25, -0.2) is 0 Å². The van der Waals surface area contributed by atoms with E-state index < -0.39 is 5.97 Å². The molecule has 0 radical (unpaired) electrons. The summed E-state index contributed by atoms with van der Waals surface area (Å²) >= 11 is 0. The Balaban J connectivity index is 1.76. The fourth-order valence-corrected chi connectivity index (χ4v) is 2.14. The van der Waals surface area contributed by atoms with Gasteiger partial charge in [-0.3, -0.25) is 4.79 Å². The molecule has 106 valence electrons. The molecule has 1 fully saturated rings. The summed E-state index contributed by atoms with van der Waals surface area (Å²) in [5, 5.41) is 8.48. The van der Waals surface area contributed by atoms with Gasteiger partial charge >= 0.3 is 5.97 Å². The molecular formula is C14H26O4. The third-order valence-corrected chi connectivity index (χ3v) is 3.23. The molecule has 1 aliphatic rings. The molecule has 4 heteroatoms. The Morgan fingerprint density at radius 2 is 1.83 bits per heavy atom. The Bertz CT molecular complexity index is 212. The molecule has 1 heterocycles. The Labute approximate surface area is 110 Å². The quantitative estimate of drug-likeness (QED) is 0.610. The van der Waals surface area contributed by atoms with Gasteiger partial charge in [-0.05, 0) is 32.1 Å². The van der Waals surface area contributed by atoms with E-state index in [1.807, 2.05) is 0 Å². The van der Waals surface area contributed by atoms with Crippen molar-refractivity contribution in [2.75, 3.05) is 13.2 Å². The van der Waals surface area contributed by atoms with E-state index in [9.17, 15) is 4.79 Å². The molecule has 0 aromatic heterocycles. The second kappa shape index (κ2) is 10.3. The summed E-state index contributed by atoms with van der Waals surface area (Å²) in [5.74, 6) is -0.684. The largest absolute Gasteiger partial charge is 0.481 e. The van der Waals surface area contributed by atoms with Crippen molar-refractivity contribution >= 4 is 5.97 Å². The van der Waals surface area contributed by atoms with Crippen LogP contribution in [0, 0.1) is 0 Å². The summed E-state index contributed by atoms with van der Waals surface area (Å²) in [6, 6.07) is 0. The van der Waals surface area contributed by atoms with Crippen LogP contribution < -0.4 is 0 Å². The molecule has 1 saturated heterocycles. The SMILES string of the molecule is O=C(O)CCCCCCCCOC1CCCCO1. The lowest BCUT2D eigenvalue weighted by Crippen LogP contribution is -2.22. The van der Waals surface area contributed by atoms with Crippen LogP contribution in [0.4, 0.5) is 0 Å². The number of unbranched alkanes of at least 4 members (excludes halogenated alkanes) is 5. The van der Waals surface area contributed by atoms with Crippen LogP contribution in [0.1, 0.15) is 64.2 Å². The number of ether oxygens (including phenoxy) is 2. The first-order valence-electron chi connectivity index (χ1n) is 7.24. The van der Waals surface area contributed by atoms with Crippen molar-refractivity contribution in [1.29, 1.82) is 0 Å². The predicted molar refractivity (Wildman–Crippen MR) is 69.5 cm³/mol. The molecule has 0 amide bonds. The molecule has 1 rings (SSSR count). The average Bonchev–Trinajstić information content (AvgIpc) is 2.37. The van der Waals surface area contributed by atoms with Crippen LogP contribution in [-0.4, -0.2) is 30.6 Å². The zero-order valence-electron chi connectivity index (χ0n) is 11.2. The number of hydrogen-bond donors (Lipinski definition) is 1. The highest BCUT2D eigenvalue weighted by Gasteiger charge is 2.13. The van der Waals surface area contributed by atoms with E-state index in [0.717, 1.165) is 51.7 Å². The Hall–Kier alpha value is -0.610. The van der Waals surface area contributed by atoms with Gasteiger partial charge in [0.05, 0.1) is 0 Å². The van der Waals surface area contributed by atoms with Crippen molar-refractivity contribution in [3.8, 4) is 0 Å². The number of carboxylic acids is 1. The minimum atomic E-state index is -0.684. The van der Waals surface area contributed by atoms with Gasteiger partial charge in [0.25, 0.3) is 0 Å². The van der Waals surface area contributed by atoms with Crippen LogP contribution in [0.15, 0.2) is 0 Å². The fraction of sp³-hybridized carbons (Fsp3) is 0.929. The first-order valence-corrected chi connectivity index (χ1v) is 7.24. The second-order valence-electron chi connectivity index (χ2n) is 4.93. The Morgan fingerprint density at radius 1 is 1.11 bits per heavy atom. The van der Waals surface area contributed by atoms with Gasteiger partial charge in [-0.15, -0.1) is 0 Å². The summed E-state index contributed by atoms with van der Waals surface area (Å²) in [5.41, 5.74) is 0. The minimum Gasteiger partial charge on any atom is -0.481 e. The summed E-state index contributed by atoms with van der Waals surface area (Å²) in [6.07, 6.45) is 10.2. The van der Waals surface area contributed by atoms with Crippen molar-refractivity contribution in [3.63, 3.8) is 0 Å². The van der Waals surface area contributed by atoms with Gasteiger partial charge < -0.3 is 14.6 Å². The zero-order chi connectivity index (χ0) is 13.1. The molecule has 18 heavy (non-hydrogen) atoms. The van der Waals surface area contributed by atoms with Gasteiger partial charge in [0.2, 0.25) is 0 Å². The standard InChI is InChI=1S/C14H26O4/c15-13(16)9-5-3-1-2-4-7-11-17-14-10-6-8-12-18-14/h14H,1-12H2,(H,15,16). The molecule has 4 nitrogen and oxygen atoms in total. The van der Waals surface area contributed by atoms with Gasteiger partial charge in [0, 0.05) is 19.6 Å². The topological polar surface area (TPSA) is 55.8 Å². The highest BCUT2D eigenvalue weighted by molar-refractivity contribution is 5.66. The van der Waals surface area contributed by atoms with E-state index in [0.29, 0.717) is 6.42 Å². The molecule has 1 N–H and O–H groups in total. The van der Waals surface area contributed by atoms with Crippen LogP contribution in [0.5, 0.6) is 0 Å². The maximum Gasteiger partial charge on any atom is 0.303 e. The fourth-order valence-electron chi connectivity index (χ4n) is 2.14. The summed E-state index contributed by atoms with van der Waals surface area (Å²) in [7, 11) is 0. The van der Waals surface area contributed by atoms with E-state index in [2.05, 4.69) is 0 Å². The van der Waals surface area contributed by atoms with Crippen molar-refractivity contribution in [2.45, 2.75) is 70.5 Å². The molecule has 0 saturated carbocycles. The third-order valence-electron chi connectivity index (χ3n) is 3.23. The lowest BCUT2D eigenvalue weighted by atomic mass is 10.1. The first kappa shape index (κ1) is 15.4. The lowest BCUT2D eigenvalue weighted by Gasteiger charge is -2.22. The van der Waals surface area contributed by atoms with Crippen LogP contribution in [0.25, 0.3) is 0 Å². The second-order valence-corrected chi connectivity index (χ2v) is 4.93. The summed E-state index contributed by atoms with van der Waals surface area (Å²) < 4.78 is 11.1. The van der Waals surface area contributed by atoms with Crippen molar-refractivity contribution in [2.24, 2.45) is 0 Å². The average molecular weight is 258 g/mol. The molecule has 0 spiro atoms. The van der Waals surface area contributed by atoms with Crippen LogP contribution >= 0.6 is 0 Å². The number of rotatable bonds is 10. The number of hydrogen-bond acceptors (Lipinski definition) is 3. The number of aliphatic carboxylic acids is 1. The van der Waals surface area contributed by atoms with Crippen LogP contribution in [0.2, 0.25) is 0 Å². The van der Waals surface area contributed by atoms with Crippen LogP contribution in [-0.2, 0) is 14.3 Å². The predicted octanol–water partition coefficient (Wildman–Crippen LogP) is 3.34. The minimum absolute atomic E-state index is 0.0364. The Kier molecular flexibility index (Phi) is 8.86. The van der Waals surface area contributed by atoms with E-state index in [4.69, 9.17) is 14.6 Å². The van der Waals surface area contributed by atoms with E-state index in [1.54, 1.807) is 0 Å². The first-order chi connectivity index (χ1) is 8.79. The van der Waals surface area contributed by atoms with Gasteiger partial charge in [0.15, 0.2) is 6.29 Å². The van der Waals surface area contributed by atoms with E-state index >= 15 is 0 Å². The molecule has 1 atom stereocenters. The Morgan fingerprint density at radius 3 is 2.50 bits per heavy atom. The highest BCUT2D eigenvalue weighted by atomic mass is 16.7. The number of carbonyl (C=O) groups is 1. The maximum atomic E-state index is 10.3. The molecule has 0 bridgehead atoms. The van der Waals surface area contributed by atoms with Crippen molar-refractivity contribution in [1.82, 2.24) is 0 Å². The third kappa shape index (κ3) is 8.48. The van der Waals surface area contributed by atoms with Gasteiger partial charge in [-0.2, -0.15) is 0 Å². The van der Waals surface area contributed by atoms with E-state index in [1.165, 1.54) is 19.3 Å². The molecule has 1 unspecified atom stereocenters. The monoisotopic (exact) mass is 258 g/mol. The molecule has 0 aliphatic carbocycles. The van der Waals surface area contributed by atoms with Crippen molar-refractivity contribution < 1.29 is 19.4 Å². The maximum absolute atomic E-state index is 10.3.